The van der Waals surface area contributed by atoms with Gasteiger partial charge in [-0.1, -0.05) is 37.5 Å². The maximum absolute atomic E-state index is 12.7. The second-order valence-corrected chi connectivity index (χ2v) is 7.25. The summed E-state index contributed by atoms with van der Waals surface area (Å²) in [5.41, 5.74) is 3.48. The highest BCUT2D eigenvalue weighted by molar-refractivity contribution is 5.97. The van der Waals surface area contributed by atoms with Crippen molar-refractivity contribution < 1.29 is 9.53 Å². The van der Waals surface area contributed by atoms with Crippen LogP contribution in [-0.4, -0.2) is 21.3 Å². The van der Waals surface area contributed by atoms with Gasteiger partial charge in [0.2, 0.25) is 0 Å². The Hall–Kier alpha value is -2.82. The van der Waals surface area contributed by atoms with Gasteiger partial charge in [0.25, 0.3) is 5.91 Å². The molecule has 0 bridgehead atoms. The van der Waals surface area contributed by atoms with Gasteiger partial charge in [-0.3, -0.25) is 4.79 Å². The van der Waals surface area contributed by atoms with E-state index in [0.717, 1.165) is 29.7 Å². The second-order valence-electron chi connectivity index (χ2n) is 7.25. The first kappa shape index (κ1) is 17.6. The number of aromatic nitrogens is 2. The molecule has 1 aliphatic rings. The fourth-order valence-electron chi connectivity index (χ4n) is 3.72. The van der Waals surface area contributed by atoms with Crippen LogP contribution in [0.5, 0.6) is 5.75 Å². The van der Waals surface area contributed by atoms with Crippen LogP contribution in [0.2, 0.25) is 0 Å². The van der Waals surface area contributed by atoms with Gasteiger partial charge in [-0.15, -0.1) is 0 Å². The molecule has 1 N–H and O–H groups in total. The van der Waals surface area contributed by atoms with Crippen LogP contribution >= 0.6 is 0 Å². The number of hydrogen-bond acceptors (Lipinski definition) is 3. The number of imidazole rings is 1. The molecule has 1 amide bonds. The van der Waals surface area contributed by atoms with Gasteiger partial charge in [0.1, 0.15) is 18.0 Å². The lowest BCUT2D eigenvalue weighted by atomic mass is 9.95. The van der Waals surface area contributed by atoms with E-state index in [-0.39, 0.29) is 11.9 Å². The summed E-state index contributed by atoms with van der Waals surface area (Å²) >= 11 is 0. The molecule has 5 heteroatoms. The number of para-hydroxylation sites is 1. The van der Waals surface area contributed by atoms with Crippen LogP contribution in [0.1, 0.15) is 53.7 Å². The van der Waals surface area contributed by atoms with Gasteiger partial charge >= 0.3 is 0 Å². The smallest absolute Gasteiger partial charge is 0.255 e. The van der Waals surface area contributed by atoms with Crippen molar-refractivity contribution in [3.63, 3.8) is 0 Å². The Morgan fingerprint density at radius 2 is 2.00 bits per heavy atom. The Bertz CT molecular complexity index is 942. The van der Waals surface area contributed by atoms with E-state index in [1.165, 1.54) is 19.3 Å². The molecule has 0 aliphatic heterocycles. The van der Waals surface area contributed by atoms with Gasteiger partial charge < -0.3 is 14.5 Å². The minimum absolute atomic E-state index is 0.0525. The Morgan fingerprint density at radius 1 is 1.19 bits per heavy atom. The quantitative estimate of drug-likeness (QED) is 0.736. The molecular weight excluding hydrogens is 338 g/mol. The predicted molar refractivity (Wildman–Crippen MR) is 105 cm³/mol. The third kappa shape index (κ3) is 3.97. The van der Waals surface area contributed by atoms with Crippen LogP contribution in [0.15, 0.2) is 48.8 Å². The molecule has 4 rings (SSSR count). The minimum Gasteiger partial charge on any atom is -0.486 e. The molecule has 0 spiro atoms. The number of fused-ring (bicyclic) bond motifs is 1. The van der Waals surface area contributed by atoms with E-state index in [9.17, 15) is 4.79 Å². The Kier molecular flexibility index (Phi) is 5.10. The Morgan fingerprint density at radius 3 is 2.81 bits per heavy atom. The lowest BCUT2D eigenvalue weighted by molar-refractivity contribution is 0.0923. The molecule has 0 radical (unpaired) electrons. The molecule has 1 aliphatic carbocycles. The molecule has 1 fully saturated rings. The summed E-state index contributed by atoms with van der Waals surface area (Å²) in [4.78, 5) is 17.4. The largest absolute Gasteiger partial charge is 0.486 e. The third-order valence-electron chi connectivity index (χ3n) is 5.18. The van der Waals surface area contributed by atoms with Crippen LogP contribution in [0.4, 0.5) is 0 Å². The SMILES string of the molecule is Cc1cccn2cc(COc3ccccc3C(=O)NC3CCCCC3)nc12. The first-order valence-corrected chi connectivity index (χ1v) is 9.66. The summed E-state index contributed by atoms with van der Waals surface area (Å²) in [6.45, 7) is 2.37. The highest BCUT2D eigenvalue weighted by atomic mass is 16.5. The van der Waals surface area contributed by atoms with Crippen LogP contribution in [-0.2, 0) is 6.61 Å². The van der Waals surface area contributed by atoms with Crippen molar-refractivity contribution in [3.05, 3.63) is 65.6 Å². The number of aryl methyl sites for hydroxylation is 1. The van der Waals surface area contributed by atoms with E-state index in [1.807, 2.05) is 60.1 Å². The van der Waals surface area contributed by atoms with Gasteiger partial charge in [0, 0.05) is 18.4 Å². The third-order valence-corrected chi connectivity index (χ3v) is 5.18. The lowest BCUT2D eigenvalue weighted by Gasteiger charge is -2.23. The van der Waals surface area contributed by atoms with Crippen molar-refractivity contribution in [2.24, 2.45) is 0 Å². The summed E-state index contributed by atoms with van der Waals surface area (Å²) in [7, 11) is 0. The minimum atomic E-state index is -0.0525. The normalized spacial score (nSPS) is 15.0. The molecule has 0 atom stereocenters. The van der Waals surface area contributed by atoms with Gasteiger partial charge in [-0.2, -0.15) is 0 Å². The first-order valence-electron chi connectivity index (χ1n) is 9.66. The zero-order valence-corrected chi connectivity index (χ0v) is 15.6. The molecule has 0 saturated heterocycles. The number of pyridine rings is 1. The van der Waals surface area contributed by atoms with Crippen molar-refractivity contribution in [3.8, 4) is 5.75 Å². The van der Waals surface area contributed by atoms with Crippen molar-refractivity contribution in [1.29, 1.82) is 0 Å². The average molecular weight is 363 g/mol. The van der Waals surface area contributed by atoms with Gasteiger partial charge in [0.05, 0.1) is 11.3 Å². The standard InChI is InChI=1S/C22H25N3O2/c1-16-8-7-13-25-14-18(23-21(16)25)15-27-20-12-6-5-11-19(20)22(26)24-17-9-3-2-4-10-17/h5-8,11-14,17H,2-4,9-10,15H2,1H3,(H,24,26). The van der Waals surface area contributed by atoms with Crippen LogP contribution in [0, 0.1) is 6.92 Å². The molecule has 3 aromatic rings. The molecule has 1 saturated carbocycles. The van der Waals surface area contributed by atoms with E-state index < -0.39 is 0 Å². The van der Waals surface area contributed by atoms with E-state index in [4.69, 9.17) is 4.74 Å². The van der Waals surface area contributed by atoms with Crippen molar-refractivity contribution in [2.75, 3.05) is 0 Å². The number of rotatable bonds is 5. The Labute approximate surface area is 159 Å². The van der Waals surface area contributed by atoms with Crippen molar-refractivity contribution in [1.82, 2.24) is 14.7 Å². The number of benzene rings is 1. The van der Waals surface area contributed by atoms with Crippen LogP contribution in [0.3, 0.4) is 0 Å². The fourth-order valence-corrected chi connectivity index (χ4v) is 3.72. The van der Waals surface area contributed by atoms with Gasteiger partial charge in [-0.05, 0) is 43.5 Å². The molecule has 2 aromatic heterocycles. The second kappa shape index (κ2) is 7.82. The summed E-state index contributed by atoms with van der Waals surface area (Å²) in [6.07, 6.45) is 9.72. The number of carbonyl (C=O) groups is 1. The van der Waals surface area contributed by atoms with E-state index in [2.05, 4.69) is 10.3 Å². The number of nitrogens with zero attached hydrogens (tertiary/aromatic N) is 2. The summed E-state index contributed by atoms with van der Waals surface area (Å²) in [5.74, 6) is 0.544. The molecule has 2 heterocycles. The number of amides is 1. The lowest BCUT2D eigenvalue weighted by Crippen LogP contribution is -2.36. The fraction of sp³-hybridized carbons (Fsp3) is 0.364. The van der Waals surface area contributed by atoms with E-state index in [0.29, 0.717) is 17.9 Å². The molecule has 27 heavy (non-hydrogen) atoms. The molecule has 1 aromatic carbocycles. The number of ether oxygens (including phenoxy) is 1. The zero-order valence-electron chi connectivity index (χ0n) is 15.6. The van der Waals surface area contributed by atoms with Crippen LogP contribution in [0.25, 0.3) is 5.65 Å². The number of hydrogen-bond donors (Lipinski definition) is 1. The monoisotopic (exact) mass is 363 g/mol. The van der Waals surface area contributed by atoms with Gasteiger partial charge in [-0.25, -0.2) is 4.98 Å². The molecule has 140 valence electrons. The maximum Gasteiger partial charge on any atom is 0.255 e. The summed E-state index contributed by atoms with van der Waals surface area (Å²) < 4.78 is 7.96. The first-order chi connectivity index (χ1) is 13.2. The van der Waals surface area contributed by atoms with Crippen molar-refractivity contribution in [2.45, 2.75) is 51.7 Å². The van der Waals surface area contributed by atoms with E-state index in [1.54, 1.807) is 0 Å². The van der Waals surface area contributed by atoms with E-state index >= 15 is 0 Å². The van der Waals surface area contributed by atoms with Crippen LogP contribution < -0.4 is 10.1 Å². The highest BCUT2D eigenvalue weighted by Crippen LogP contribution is 2.22. The number of nitrogens with one attached hydrogen (secondary N) is 1. The predicted octanol–water partition coefficient (Wildman–Crippen LogP) is 4.28. The summed E-state index contributed by atoms with van der Waals surface area (Å²) in [5, 5.41) is 3.16. The van der Waals surface area contributed by atoms with Crippen molar-refractivity contribution >= 4 is 11.6 Å². The zero-order chi connectivity index (χ0) is 18.6. The maximum atomic E-state index is 12.7. The molecular formula is C22H25N3O2. The van der Waals surface area contributed by atoms with Gasteiger partial charge in [0.15, 0.2) is 0 Å². The number of carbonyl (C=O) groups excluding carboxylic acids is 1. The molecule has 5 nitrogen and oxygen atoms in total. The molecule has 0 unspecified atom stereocenters. The Balaban J connectivity index is 1.47. The summed E-state index contributed by atoms with van der Waals surface area (Å²) in [6, 6.07) is 11.7. The highest BCUT2D eigenvalue weighted by Gasteiger charge is 2.19. The topological polar surface area (TPSA) is 55.6 Å². The average Bonchev–Trinajstić information content (AvgIpc) is 3.12.